The first kappa shape index (κ1) is 11.6. The van der Waals surface area contributed by atoms with Crippen LogP contribution in [0.3, 0.4) is 0 Å². The topological polar surface area (TPSA) is 52.1 Å². The molecule has 0 unspecified atom stereocenters. The lowest BCUT2D eigenvalue weighted by atomic mass is 10.1. The number of H-pyrrole nitrogens is 1. The number of hydrogen-bond donors (Lipinski definition) is 2. The highest BCUT2D eigenvalue weighted by Gasteiger charge is 2.29. The van der Waals surface area contributed by atoms with Crippen molar-refractivity contribution in [2.45, 2.75) is 45.2 Å². The maximum Gasteiger partial charge on any atom is 0.0796 e. The maximum atomic E-state index is 8.88. The van der Waals surface area contributed by atoms with Gasteiger partial charge in [-0.05, 0) is 39.3 Å². The summed E-state index contributed by atoms with van der Waals surface area (Å²) in [6.07, 6.45) is 3.12. The molecule has 1 atom stereocenters. The monoisotopic (exact) mass is 223 g/mol. The highest BCUT2D eigenvalue weighted by molar-refractivity contribution is 5.14. The third-order valence-corrected chi connectivity index (χ3v) is 3.33. The van der Waals surface area contributed by atoms with Crippen molar-refractivity contribution >= 4 is 0 Å². The van der Waals surface area contributed by atoms with Crippen molar-refractivity contribution in [1.29, 1.82) is 0 Å². The Hall–Kier alpha value is -0.870. The van der Waals surface area contributed by atoms with Gasteiger partial charge in [0.05, 0.1) is 11.7 Å². The van der Waals surface area contributed by atoms with E-state index in [2.05, 4.69) is 35.0 Å². The number of aromatic amines is 1. The molecule has 1 aliphatic heterocycles. The average molecular weight is 223 g/mol. The van der Waals surface area contributed by atoms with E-state index in [1.165, 1.54) is 19.4 Å². The third kappa shape index (κ3) is 2.28. The Morgan fingerprint density at radius 2 is 2.44 bits per heavy atom. The largest absolute Gasteiger partial charge is 0.396 e. The van der Waals surface area contributed by atoms with E-state index >= 15 is 0 Å². The Kier molecular flexibility index (Phi) is 3.61. The van der Waals surface area contributed by atoms with Gasteiger partial charge in [0.15, 0.2) is 0 Å². The summed E-state index contributed by atoms with van der Waals surface area (Å²) in [5, 5.41) is 16.3. The van der Waals surface area contributed by atoms with Gasteiger partial charge in [0.1, 0.15) is 0 Å². The van der Waals surface area contributed by atoms with Crippen molar-refractivity contribution in [2.24, 2.45) is 0 Å². The summed E-state index contributed by atoms with van der Waals surface area (Å²) in [6, 6.07) is 3.14. The van der Waals surface area contributed by atoms with Crippen LogP contribution >= 0.6 is 0 Å². The molecule has 0 aromatic carbocycles. The van der Waals surface area contributed by atoms with Crippen LogP contribution in [0.1, 0.15) is 44.1 Å². The van der Waals surface area contributed by atoms with Crippen LogP contribution in [0.5, 0.6) is 0 Å². The minimum absolute atomic E-state index is 0.181. The Morgan fingerprint density at radius 3 is 3.12 bits per heavy atom. The van der Waals surface area contributed by atoms with Gasteiger partial charge >= 0.3 is 0 Å². The standard InChI is InChI=1S/C12H21N3O/c1-9(2)15-6-3-4-12(15)11-8-10(5-7-16)13-14-11/h8-9,12,16H,3-7H2,1-2H3,(H,13,14)/t12-/m0/s1. The molecule has 0 bridgehead atoms. The zero-order valence-corrected chi connectivity index (χ0v) is 10.1. The van der Waals surface area contributed by atoms with E-state index in [1.54, 1.807) is 0 Å². The molecular formula is C12H21N3O. The smallest absolute Gasteiger partial charge is 0.0796 e. The van der Waals surface area contributed by atoms with Gasteiger partial charge in [-0.25, -0.2) is 0 Å². The molecule has 1 aromatic heterocycles. The van der Waals surface area contributed by atoms with Crippen LogP contribution in [0.2, 0.25) is 0 Å². The lowest BCUT2D eigenvalue weighted by molar-refractivity contribution is 0.202. The number of nitrogens with one attached hydrogen (secondary N) is 1. The number of rotatable bonds is 4. The summed E-state index contributed by atoms with van der Waals surface area (Å²) in [5.41, 5.74) is 2.17. The second-order valence-corrected chi connectivity index (χ2v) is 4.78. The van der Waals surface area contributed by atoms with E-state index in [0.29, 0.717) is 18.5 Å². The first-order chi connectivity index (χ1) is 7.72. The second kappa shape index (κ2) is 4.97. The minimum Gasteiger partial charge on any atom is -0.396 e. The molecule has 2 rings (SSSR count). The molecule has 1 aliphatic rings. The van der Waals surface area contributed by atoms with E-state index in [0.717, 1.165) is 11.4 Å². The predicted octanol–water partition coefficient (Wildman–Crippen LogP) is 1.49. The number of aliphatic hydroxyl groups excluding tert-OH is 1. The van der Waals surface area contributed by atoms with E-state index in [-0.39, 0.29) is 6.61 Å². The molecule has 1 saturated heterocycles. The van der Waals surface area contributed by atoms with E-state index in [9.17, 15) is 0 Å². The third-order valence-electron chi connectivity index (χ3n) is 3.33. The van der Waals surface area contributed by atoms with Gasteiger partial charge in [-0.2, -0.15) is 5.10 Å². The van der Waals surface area contributed by atoms with Crippen molar-refractivity contribution in [2.75, 3.05) is 13.2 Å². The SMILES string of the molecule is CC(C)N1CCC[C@H]1c1cc(CCO)[nH]n1. The molecule has 1 aromatic rings. The van der Waals surface area contributed by atoms with Gasteiger partial charge in [0.2, 0.25) is 0 Å². The van der Waals surface area contributed by atoms with Gasteiger partial charge < -0.3 is 5.11 Å². The minimum atomic E-state index is 0.181. The number of likely N-dealkylation sites (tertiary alicyclic amines) is 1. The molecule has 2 N–H and O–H groups in total. The first-order valence-electron chi connectivity index (χ1n) is 6.13. The summed E-state index contributed by atoms with van der Waals surface area (Å²) in [4.78, 5) is 2.50. The molecule has 4 heteroatoms. The molecular weight excluding hydrogens is 202 g/mol. The maximum absolute atomic E-state index is 8.88. The summed E-state index contributed by atoms with van der Waals surface area (Å²) in [5.74, 6) is 0. The van der Waals surface area contributed by atoms with Crippen LogP contribution in [-0.2, 0) is 6.42 Å². The highest BCUT2D eigenvalue weighted by atomic mass is 16.3. The molecule has 0 radical (unpaired) electrons. The van der Waals surface area contributed by atoms with Crippen LogP contribution in [0, 0.1) is 0 Å². The zero-order chi connectivity index (χ0) is 11.5. The van der Waals surface area contributed by atoms with Crippen LogP contribution in [0.4, 0.5) is 0 Å². The molecule has 0 spiro atoms. The second-order valence-electron chi connectivity index (χ2n) is 4.78. The molecule has 16 heavy (non-hydrogen) atoms. The Balaban J connectivity index is 2.10. The van der Waals surface area contributed by atoms with Crippen LogP contribution in [-0.4, -0.2) is 39.4 Å². The summed E-state index contributed by atoms with van der Waals surface area (Å²) in [6.45, 7) is 5.82. The molecule has 0 amide bonds. The number of nitrogens with zero attached hydrogens (tertiary/aromatic N) is 2. The fourth-order valence-corrected chi connectivity index (χ4v) is 2.52. The lowest BCUT2D eigenvalue weighted by Gasteiger charge is -2.26. The van der Waals surface area contributed by atoms with Gasteiger partial charge in [0, 0.05) is 24.8 Å². The summed E-state index contributed by atoms with van der Waals surface area (Å²) >= 11 is 0. The number of aromatic nitrogens is 2. The van der Waals surface area contributed by atoms with Crippen LogP contribution < -0.4 is 0 Å². The number of hydrogen-bond acceptors (Lipinski definition) is 3. The molecule has 90 valence electrons. The molecule has 1 fully saturated rings. The predicted molar refractivity (Wildman–Crippen MR) is 63.2 cm³/mol. The molecule has 0 aliphatic carbocycles. The lowest BCUT2D eigenvalue weighted by Crippen LogP contribution is -2.30. The highest BCUT2D eigenvalue weighted by Crippen LogP contribution is 2.32. The Morgan fingerprint density at radius 1 is 1.62 bits per heavy atom. The van der Waals surface area contributed by atoms with Crippen LogP contribution in [0.15, 0.2) is 6.07 Å². The average Bonchev–Trinajstić information content (AvgIpc) is 2.83. The first-order valence-corrected chi connectivity index (χ1v) is 6.13. The van der Waals surface area contributed by atoms with Crippen molar-refractivity contribution in [3.63, 3.8) is 0 Å². The summed E-state index contributed by atoms with van der Waals surface area (Å²) in [7, 11) is 0. The Labute approximate surface area is 96.7 Å². The van der Waals surface area contributed by atoms with Crippen molar-refractivity contribution in [3.8, 4) is 0 Å². The fourth-order valence-electron chi connectivity index (χ4n) is 2.52. The van der Waals surface area contributed by atoms with Gasteiger partial charge in [-0.1, -0.05) is 0 Å². The fraction of sp³-hybridized carbons (Fsp3) is 0.750. The summed E-state index contributed by atoms with van der Waals surface area (Å²) < 4.78 is 0. The van der Waals surface area contributed by atoms with Gasteiger partial charge in [-0.15, -0.1) is 0 Å². The zero-order valence-electron chi connectivity index (χ0n) is 10.1. The molecule has 4 nitrogen and oxygen atoms in total. The normalized spacial score (nSPS) is 22.1. The van der Waals surface area contributed by atoms with E-state index in [4.69, 9.17) is 5.11 Å². The quantitative estimate of drug-likeness (QED) is 0.813. The van der Waals surface area contributed by atoms with E-state index < -0.39 is 0 Å². The molecule has 0 saturated carbocycles. The van der Waals surface area contributed by atoms with E-state index in [1.807, 2.05) is 0 Å². The van der Waals surface area contributed by atoms with Gasteiger partial charge in [-0.3, -0.25) is 10.00 Å². The Bertz CT molecular complexity index is 335. The van der Waals surface area contributed by atoms with Crippen molar-refractivity contribution in [1.82, 2.24) is 15.1 Å². The van der Waals surface area contributed by atoms with Crippen molar-refractivity contribution in [3.05, 3.63) is 17.5 Å². The molecule has 2 heterocycles. The van der Waals surface area contributed by atoms with Gasteiger partial charge in [0.25, 0.3) is 0 Å². The van der Waals surface area contributed by atoms with Crippen molar-refractivity contribution < 1.29 is 5.11 Å². The number of aliphatic hydroxyl groups is 1. The van der Waals surface area contributed by atoms with Crippen LogP contribution in [0.25, 0.3) is 0 Å².